The van der Waals surface area contributed by atoms with Crippen LogP contribution in [-0.4, -0.2) is 93.4 Å². The molecule has 3 aliphatic heterocycles. The van der Waals surface area contributed by atoms with Gasteiger partial charge in [0.05, 0.1) is 16.6 Å². The Balaban J connectivity index is 2.01. The van der Waals surface area contributed by atoms with E-state index in [4.69, 9.17) is 0 Å². The van der Waals surface area contributed by atoms with Gasteiger partial charge in [0, 0.05) is 45.1 Å². The molecular formula is C26H41N3O4S. The zero-order valence-electron chi connectivity index (χ0n) is 20.9. The molecule has 3 amide bonds. The number of carbonyl (C=O) groups excluding carboxylic acids is 3. The average molecular weight is 492 g/mol. The van der Waals surface area contributed by atoms with Crippen molar-refractivity contribution in [3.8, 4) is 0 Å². The summed E-state index contributed by atoms with van der Waals surface area (Å²) < 4.78 is -0.617. The van der Waals surface area contributed by atoms with Crippen molar-refractivity contribution >= 4 is 29.5 Å². The molecule has 3 rings (SSSR count). The molecule has 0 aromatic heterocycles. The van der Waals surface area contributed by atoms with E-state index in [1.807, 2.05) is 4.90 Å². The minimum Gasteiger partial charge on any atom is -0.396 e. The lowest BCUT2D eigenvalue weighted by Crippen LogP contribution is -2.57. The maximum absolute atomic E-state index is 14.1. The predicted octanol–water partition coefficient (Wildman–Crippen LogP) is 2.56. The van der Waals surface area contributed by atoms with Crippen LogP contribution in [-0.2, 0) is 14.4 Å². The predicted molar refractivity (Wildman–Crippen MR) is 136 cm³/mol. The molecule has 1 N–H and O–H groups in total. The number of rotatable bonds is 13. The van der Waals surface area contributed by atoms with E-state index in [0.717, 1.165) is 25.7 Å². The second kappa shape index (κ2) is 11.3. The normalized spacial score (nSPS) is 31.5. The van der Waals surface area contributed by atoms with E-state index < -0.39 is 22.6 Å². The van der Waals surface area contributed by atoms with E-state index in [2.05, 4.69) is 27.0 Å². The van der Waals surface area contributed by atoms with Gasteiger partial charge in [0.1, 0.15) is 6.04 Å². The Labute approximate surface area is 208 Å². The molecule has 3 saturated heterocycles. The number of aliphatic hydroxyl groups excluding tert-OH is 1. The minimum atomic E-state index is -0.620. The van der Waals surface area contributed by atoms with Gasteiger partial charge in [-0.3, -0.25) is 14.4 Å². The van der Waals surface area contributed by atoms with Crippen LogP contribution in [0.4, 0.5) is 0 Å². The van der Waals surface area contributed by atoms with Crippen molar-refractivity contribution in [1.29, 1.82) is 0 Å². The van der Waals surface area contributed by atoms with Gasteiger partial charge in [0.15, 0.2) is 0 Å². The van der Waals surface area contributed by atoms with Crippen molar-refractivity contribution in [3.05, 3.63) is 25.3 Å². The fourth-order valence-corrected chi connectivity index (χ4v) is 8.68. The number of hydrogen-bond donors (Lipinski definition) is 1. The number of likely N-dealkylation sites (N-methyl/N-ethyl adjacent to an activating group) is 1. The molecule has 1 spiro atoms. The smallest absolute Gasteiger partial charge is 0.247 e. The van der Waals surface area contributed by atoms with Crippen LogP contribution in [0, 0.1) is 17.8 Å². The minimum absolute atomic E-state index is 0.0342. The summed E-state index contributed by atoms with van der Waals surface area (Å²) in [5.74, 6) is -0.991. The number of likely N-dealkylation sites (tertiary alicyclic amines) is 1. The molecule has 3 aliphatic rings. The fourth-order valence-electron chi connectivity index (χ4n) is 6.27. The van der Waals surface area contributed by atoms with Crippen molar-refractivity contribution in [2.45, 2.75) is 62.0 Å². The number of amides is 3. The Morgan fingerprint density at radius 2 is 1.91 bits per heavy atom. The standard InChI is InChI=1S/C26H41N3O4S/c1-6-9-10-14-28(13-8-3)25(33)22-26-18(4)17-19(34-26)20(23(31)27(5)12-7-2)21(26)24(32)29(22)15-11-16-30/h7-8,18-22,30H,2-3,6,9-17H2,1,4-5H3/t18?,19-,20+,21-,22?,26?/m0/s1. The molecule has 34 heavy (non-hydrogen) atoms. The maximum Gasteiger partial charge on any atom is 0.247 e. The Bertz CT molecular complexity index is 805. The van der Waals surface area contributed by atoms with Crippen molar-refractivity contribution in [1.82, 2.24) is 14.7 Å². The van der Waals surface area contributed by atoms with Gasteiger partial charge in [-0.15, -0.1) is 24.9 Å². The molecule has 6 atom stereocenters. The first-order valence-electron chi connectivity index (χ1n) is 12.6. The van der Waals surface area contributed by atoms with Gasteiger partial charge in [-0.2, -0.15) is 0 Å². The Kier molecular flexibility index (Phi) is 8.90. The first-order chi connectivity index (χ1) is 16.3. The second-order valence-corrected chi connectivity index (χ2v) is 11.5. The summed E-state index contributed by atoms with van der Waals surface area (Å²) in [4.78, 5) is 46.7. The van der Waals surface area contributed by atoms with E-state index in [-0.39, 0.29) is 35.5 Å². The number of thioether (sulfide) groups is 1. The number of fused-ring (bicyclic) bond motifs is 1. The Morgan fingerprint density at radius 1 is 1.21 bits per heavy atom. The molecule has 3 unspecified atom stereocenters. The van der Waals surface area contributed by atoms with E-state index in [1.165, 1.54) is 0 Å². The first-order valence-corrected chi connectivity index (χ1v) is 13.5. The second-order valence-electron chi connectivity index (χ2n) is 9.95. The van der Waals surface area contributed by atoms with E-state index >= 15 is 0 Å². The van der Waals surface area contributed by atoms with Gasteiger partial charge in [-0.05, 0) is 25.2 Å². The summed E-state index contributed by atoms with van der Waals surface area (Å²) in [7, 11) is 1.75. The zero-order chi connectivity index (χ0) is 25.0. The van der Waals surface area contributed by atoms with Crippen molar-refractivity contribution < 1.29 is 19.5 Å². The fraction of sp³-hybridized carbons (Fsp3) is 0.731. The van der Waals surface area contributed by atoms with Crippen LogP contribution in [0.15, 0.2) is 25.3 Å². The van der Waals surface area contributed by atoms with Crippen LogP contribution >= 0.6 is 11.8 Å². The van der Waals surface area contributed by atoms with E-state index in [1.54, 1.807) is 40.8 Å². The van der Waals surface area contributed by atoms with Crippen LogP contribution in [0.1, 0.15) is 46.0 Å². The highest BCUT2D eigenvalue weighted by Crippen LogP contribution is 2.68. The Hall–Kier alpha value is -1.80. The molecule has 3 heterocycles. The summed E-state index contributed by atoms with van der Waals surface area (Å²) in [5, 5.41) is 9.54. The number of unbranched alkanes of at least 4 members (excludes halogenated alkanes) is 2. The highest BCUT2D eigenvalue weighted by molar-refractivity contribution is 8.02. The monoisotopic (exact) mass is 491 g/mol. The van der Waals surface area contributed by atoms with Crippen LogP contribution < -0.4 is 0 Å². The van der Waals surface area contributed by atoms with Gasteiger partial charge < -0.3 is 19.8 Å². The molecule has 190 valence electrons. The quantitative estimate of drug-likeness (QED) is 0.316. The molecule has 3 fully saturated rings. The first kappa shape index (κ1) is 26.8. The molecule has 0 aromatic carbocycles. The summed E-state index contributed by atoms with van der Waals surface area (Å²) in [5.41, 5.74) is 0. The third kappa shape index (κ3) is 4.43. The van der Waals surface area contributed by atoms with E-state index in [0.29, 0.717) is 32.6 Å². The SMILES string of the molecule is C=CCN(C)C(=O)[C@@H]1[C@@H]2CC(C)C3(S2)C(C(=O)N(CC=C)CCCCC)N(CCCO)C(=O)[C@H]13. The highest BCUT2D eigenvalue weighted by atomic mass is 32.2. The van der Waals surface area contributed by atoms with Gasteiger partial charge in [0.2, 0.25) is 17.7 Å². The van der Waals surface area contributed by atoms with Gasteiger partial charge in [-0.1, -0.05) is 38.8 Å². The van der Waals surface area contributed by atoms with E-state index in [9.17, 15) is 19.5 Å². The summed E-state index contributed by atoms with van der Waals surface area (Å²) in [6.07, 6.45) is 7.66. The summed E-state index contributed by atoms with van der Waals surface area (Å²) in [6.45, 7) is 13.6. The summed E-state index contributed by atoms with van der Waals surface area (Å²) >= 11 is 1.70. The molecule has 0 aliphatic carbocycles. The maximum atomic E-state index is 14.1. The summed E-state index contributed by atoms with van der Waals surface area (Å²) in [6, 6.07) is -0.620. The molecule has 0 radical (unpaired) electrons. The third-order valence-corrected chi connectivity index (χ3v) is 9.87. The molecular weight excluding hydrogens is 450 g/mol. The van der Waals surface area contributed by atoms with Crippen LogP contribution in [0.2, 0.25) is 0 Å². The lowest BCUT2D eigenvalue weighted by Gasteiger charge is -2.41. The molecule has 8 heteroatoms. The van der Waals surface area contributed by atoms with Gasteiger partial charge in [0.25, 0.3) is 0 Å². The average Bonchev–Trinajstić information content (AvgIpc) is 3.40. The zero-order valence-corrected chi connectivity index (χ0v) is 21.8. The largest absolute Gasteiger partial charge is 0.396 e. The molecule has 0 saturated carbocycles. The number of nitrogens with zero attached hydrogens (tertiary/aromatic N) is 3. The lowest BCUT2D eigenvalue weighted by atomic mass is 9.65. The van der Waals surface area contributed by atoms with Gasteiger partial charge >= 0.3 is 0 Å². The number of hydrogen-bond acceptors (Lipinski definition) is 5. The van der Waals surface area contributed by atoms with Gasteiger partial charge in [-0.25, -0.2) is 0 Å². The molecule has 2 bridgehead atoms. The van der Waals surface area contributed by atoms with Crippen molar-refractivity contribution in [3.63, 3.8) is 0 Å². The molecule has 7 nitrogen and oxygen atoms in total. The molecule has 0 aromatic rings. The van der Waals surface area contributed by atoms with Crippen LogP contribution in [0.3, 0.4) is 0 Å². The van der Waals surface area contributed by atoms with Crippen LogP contribution in [0.5, 0.6) is 0 Å². The number of carbonyl (C=O) groups is 3. The third-order valence-electron chi connectivity index (χ3n) is 7.79. The topological polar surface area (TPSA) is 81.2 Å². The number of aliphatic hydroxyl groups is 1. The van der Waals surface area contributed by atoms with Crippen molar-refractivity contribution in [2.24, 2.45) is 17.8 Å². The van der Waals surface area contributed by atoms with Crippen LogP contribution in [0.25, 0.3) is 0 Å². The Morgan fingerprint density at radius 3 is 2.53 bits per heavy atom. The highest BCUT2D eigenvalue weighted by Gasteiger charge is 2.76. The lowest BCUT2D eigenvalue weighted by molar-refractivity contribution is -0.144. The van der Waals surface area contributed by atoms with Crippen molar-refractivity contribution in [2.75, 3.05) is 39.8 Å².